The maximum Gasteiger partial charge on any atom is 0.228 e. The van der Waals surface area contributed by atoms with Gasteiger partial charge in [0.25, 0.3) is 0 Å². The van der Waals surface area contributed by atoms with E-state index in [1.165, 1.54) is 0 Å². The molecule has 4 heteroatoms. The summed E-state index contributed by atoms with van der Waals surface area (Å²) >= 11 is 0. The Morgan fingerprint density at radius 1 is 1.29 bits per heavy atom. The lowest BCUT2D eigenvalue weighted by molar-refractivity contribution is -0.128. The maximum atomic E-state index is 11.6. The van der Waals surface area contributed by atoms with Gasteiger partial charge in [0, 0.05) is 25.2 Å². The van der Waals surface area contributed by atoms with Crippen LogP contribution in [0.4, 0.5) is 5.69 Å². The van der Waals surface area contributed by atoms with E-state index in [4.69, 9.17) is 5.73 Å². The van der Waals surface area contributed by atoms with Crippen LogP contribution in [-0.2, 0) is 11.2 Å². The predicted octanol–water partition coefficient (Wildman–Crippen LogP) is 1.45. The van der Waals surface area contributed by atoms with Gasteiger partial charge >= 0.3 is 0 Å². The van der Waals surface area contributed by atoms with E-state index in [9.17, 15) is 4.79 Å². The highest BCUT2D eigenvalue weighted by Crippen LogP contribution is 2.16. The van der Waals surface area contributed by atoms with E-state index in [0.717, 1.165) is 22.3 Å². The Hall–Kier alpha value is -2.10. The molecule has 1 aromatic carbocycles. The molecule has 0 fully saturated rings. The fourth-order valence-electron chi connectivity index (χ4n) is 1.60. The summed E-state index contributed by atoms with van der Waals surface area (Å²) in [6.07, 6.45) is 0.327. The maximum absolute atomic E-state index is 11.6. The topological polar surface area (TPSA) is 59.2 Å². The molecule has 0 atom stereocenters. The first kappa shape index (κ1) is 11.4. The van der Waals surface area contributed by atoms with Crippen LogP contribution in [0.2, 0.25) is 0 Å². The molecule has 0 aliphatic rings. The van der Waals surface area contributed by atoms with Crippen LogP contribution in [0.5, 0.6) is 0 Å². The number of anilines is 1. The molecule has 0 radical (unpaired) electrons. The molecule has 1 amide bonds. The fourth-order valence-corrected chi connectivity index (χ4v) is 1.60. The number of pyridine rings is 1. The second-order valence-corrected chi connectivity index (χ2v) is 4.22. The second-order valence-electron chi connectivity index (χ2n) is 4.22. The Balaban J connectivity index is 2.32. The van der Waals surface area contributed by atoms with E-state index in [0.29, 0.717) is 6.42 Å². The molecule has 1 aromatic heterocycles. The van der Waals surface area contributed by atoms with Crippen molar-refractivity contribution in [2.45, 2.75) is 6.42 Å². The smallest absolute Gasteiger partial charge is 0.228 e. The first-order valence-electron chi connectivity index (χ1n) is 5.41. The van der Waals surface area contributed by atoms with Crippen LogP contribution < -0.4 is 5.73 Å². The van der Waals surface area contributed by atoms with Crippen molar-refractivity contribution in [2.75, 3.05) is 19.8 Å². The average Bonchev–Trinajstić information content (AvgIpc) is 2.29. The fraction of sp³-hybridized carbons (Fsp3) is 0.231. The van der Waals surface area contributed by atoms with Crippen molar-refractivity contribution in [1.29, 1.82) is 0 Å². The summed E-state index contributed by atoms with van der Waals surface area (Å²) < 4.78 is 0. The Labute approximate surface area is 100 Å². The van der Waals surface area contributed by atoms with Crippen LogP contribution in [0.15, 0.2) is 30.3 Å². The molecule has 4 nitrogen and oxygen atoms in total. The number of benzene rings is 1. The van der Waals surface area contributed by atoms with Crippen molar-refractivity contribution >= 4 is 22.5 Å². The van der Waals surface area contributed by atoms with Crippen LogP contribution in [-0.4, -0.2) is 29.9 Å². The Kier molecular flexibility index (Phi) is 2.95. The van der Waals surface area contributed by atoms with Gasteiger partial charge in [-0.3, -0.25) is 9.78 Å². The highest BCUT2D eigenvalue weighted by molar-refractivity contribution is 5.83. The molecular weight excluding hydrogens is 214 g/mol. The molecule has 0 aliphatic carbocycles. The van der Waals surface area contributed by atoms with Crippen LogP contribution >= 0.6 is 0 Å². The normalized spacial score (nSPS) is 10.5. The summed E-state index contributed by atoms with van der Waals surface area (Å²) in [5.74, 6) is 0.0484. The SMILES string of the molecule is CN(C)C(=O)Cc1ccc2cc(N)ccc2n1. The minimum atomic E-state index is 0.0484. The number of hydrogen-bond donors (Lipinski definition) is 1. The lowest BCUT2D eigenvalue weighted by atomic mass is 10.1. The third-order valence-corrected chi connectivity index (χ3v) is 2.60. The molecule has 0 aliphatic heterocycles. The molecule has 0 saturated heterocycles. The van der Waals surface area contributed by atoms with E-state index in [1.807, 2.05) is 30.3 Å². The second kappa shape index (κ2) is 4.41. The quantitative estimate of drug-likeness (QED) is 0.793. The Morgan fingerprint density at radius 2 is 2.06 bits per heavy atom. The van der Waals surface area contributed by atoms with Crippen molar-refractivity contribution in [2.24, 2.45) is 0 Å². The summed E-state index contributed by atoms with van der Waals surface area (Å²) in [4.78, 5) is 17.6. The average molecular weight is 229 g/mol. The molecule has 17 heavy (non-hydrogen) atoms. The molecule has 2 rings (SSSR count). The van der Waals surface area contributed by atoms with Gasteiger partial charge < -0.3 is 10.6 Å². The molecule has 0 unspecified atom stereocenters. The van der Waals surface area contributed by atoms with Crippen molar-refractivity contribution in [3.63, 3.8) is 0 Å². The number of rotatable bonds is 2. The number of amides is 1. The van der Waals surface area contributed by atoms with E-state index in [1.54, 1.807) is 19.0 Å². The Morgan fingerprint density at radius 3 is 2.76 bits per heavy atom. The zero-order chi connectivity index (χ0) is 12.4. The van der Waals surface area contributed by atoms with Gasteiger partial charge in [0.1, 0.15) is 0 Å². The lowest BCUT2D eigenvalue weighted by Gasteiger charge is -2.09. The van der Waals surface area contributed by atoms with Gasteiger partial charge in [0.15, 0.2) is 0 Å². The number of fused-ring (bicyclic) bond motifs is 1. The van der Waals surface area contributed by atoms with E-state index < -0.39 is 0 Å². The summed E-state index contributed by atoms with van der Waals surface area (Å²) in [6, 6.07) is 9.36. The highest BCUT2D eigenvalue weighted by Gasteiger charge is 2.07. The van der Waals surface area contributed by atoms with E-state index in [-0.39, 0.29) is 5.91 Å². The summed E-state index contributed by atoms with van der Waals surface area (Å²) in [7, 11) is 3.48. The first-order valence-corrected chi connectivity index (χ1v) is 5.41. The molecule has 2 N–H and O–H groups in total. The minimum Gasteiger partial charge on any atom is -0.399 e. The zero-order valence-corrected chi connectivity index (χ0v) is 9.97. The number of carbonyl (C=O) groups excluding carboxylic acids is 1. The van der Waals surface area contributed by atoms with Crippen molar-refractivity contribution in [3.8, 4) is 0 Å². The lowest BCUT2D eigenvalue weighted by Crippen LogP contribution is -2.23. The Bertz CT molecular complexity index is 564. The zero-order valence-electron chi connectivity index (χ0n) is 9.97. The molecule has 0 saturated carbocycles. The highest BCUT2D eigenvalue weighted by atomic mass is 16.2. The van der Waals surface area contributed by atoms with E-state index >= 15 is 0 Å². The summed E-state index contributed by atoms with van der Waals surface area (Å²) in [5.41, 5.74) is 8.06. The number of nitrogen functional groups attached to an aromatic ring is 1. The van der Waals surface area contributed by atoms with Gasteiger partial charge in [-0.25, -0.2) is 0 Å². The molecule has 1 heterocycles. The van der Waals surface area contributed by atoms with Crippen molar-refractivity contribution < 1.29 is 4.79 Å². The number of nitrogens with two attached hydrogens (primary N) is 1. The van der Waals surface area contributed by atoms with E-state index in [2.05, 4.69) is 4.98 Å². The minimum absolute atomic E-state index is 0.0484. The van der Waals surface area contributed by atoms with Crippen LogP contribution in [0.25, 0.3) is 10.9 Å². The third-order valence-electron chi connectivity index (χ3n) is 2.60. The number of nitrogens with zero attached hydrogens (tertiary/aromatic N) is 2. The number of hydrogen-bond acceptors (Lipinski definition) is 3. The standard InChI is InChI=1S/C13H15N3O/c1-16(2)13(17)8-11-5-3-9-7-10(14)4-6-12(9)15-11/h3-7H,8,14H2,1-2H3. The van der Waals surface area contributed by atoms with Gasteiger partial charge in [-0.05, 0) is 24.3 Å². The van der Waals surface area contributed by atoms with Gasteiger partial charge in [0.05, 0.1) is 17.6 Å². The monoisotopic (exact) mass is 229 g/mol. The first-order chi connectivity index (χ1) is 8.06. The molecule has 0 spiro atoms. The molecule has 88 valence electrons. The van der Waals surface area contributed by atoms with Gasteiger partial charge in [-0.15, -0.1) is 0 Å². The number of aromatic nitrogens is 1. The van der Waals surface area contributed by atoms with Crippen LogP contribution in [0, 0.1) is 0 Å². The summed E-state index contributed by atoms with van der Waals surface area (Å²) in [5, 5.41) is 0.992. The van der Waals surface area contributed by atoms with Gasteiger partial charge in [-0.1, -0.05) is 6.07 Å². The molecular formula is C13H15N3O. The number of carbonyl (C=O) groups is 1. The van der Waals surface area contributed by atoms with Gasteiger partial charge in [-0.2, -0.15) is 0 Å². The molecule has 0 bridgehead atoms. The van der Waals surface area contributed by atoms with Crippen molar-refractivity contribution in [3.05, 3.63) is 36.0 Å². The third kappa shape index (κ3) is 2.53. The largest absolute Gasteiger partial charge is 0.399 e. The number of likely N-dealkylation sites (N-methyl/N-ethyl adjacent to an activating group) is 1. The summed E-state index contributed by atoms with van der Waals surface area (Å²) in [6.45, 7) is 0. The van der Waals surface area contributed by atoms with Crippen LogP contribution in [0.1, 0.15) is 5.69 Å². The molecule has 2 aromatic rings. The van der Waals surface area contributed by atoms with Crippen LogP contribution in [0.3, 0.4) is 0 Å². The predicted molar refractivity (Wildman–Crippen MR) is 68.6 cm³/mol. The van der Waals surface area contributed by atoms with Crippen molar-refractivity contribution in [1.82, 2.24) is 9.88 Å². The van der Waals surface area contributed by atoms with Gasteiger partial charge in [0.2, 0.25) is 5.91 Å².